The van der Waals surface area contributed by atoms with E-state index >= 15 is 0 Å². The van der Waals surface area contributed by atoms with Crippen LogP contribution >= 0.6 is 15.9 Å². The molecule has 0 radical (unpaired) electrons. The number of nitrogens with zero attached hydrogens (tertiary/aromatic N) is 3. The number of hydrogen-bond donors (Lipinski definition) is 0. The summed E-state index contributed by atoms with van der Waals surface area (Å²) in [5, 5.41) is 9.45. The van der Waals surface area contributed by atoms with Gasteiger partial charge in [-0.3, -0.25) is 9.59 Å². The number of halogens is 1. The molecule has 1 aliphatic rings. The van der Waals surface area contributed by atoms with Crippen molar-refractivity contribution in [1.82, 2.24) is 9.47 Å². The highest BCUT2D eigenvalue weighted by molar-refractivity contribution is 9.10. The van der Waals surface area contributed by atoms with E-state index in [0.717, 1.165) is 10.2 Å². The molecule has 0 unspecified atom stereocenters. The summed E-state index contributed by atoms with van der Waals surface area (Å²) in [5.41, 5.74) is 1.49. The highest BCUT2D eigenvalue weighted by Crippen LogP contribution is 2.25. The second kappa shape index (κ2) is 8.40. The number of carbonyl (C=O) groups excluding carboxylic acids is 2. The van der Waals surface area contributed by atoms with E-state index in [-0.39, 0.29) is 17.8 Å². The van der Waals surface area contributed by atoms with E-state index in [0.29, 0.717) is 43.8 Å². The van der Waals surface area contributed by atoms with Crippen molar-refractivity contribution < 1.29 is 14.3 Å². The molecule has 1 aromatic heterocycles. The second-order valence-electron chi connectivity index (χ2n) is 6.36. The number of carbonyl (C=O) groups is 2. The maximum absolute atomic E-state index is 13.1. The molecule has 0 bridgehead atoms. The van der Waals surface area contributed by atoms with Gasteiger partial charge < -0.3 is 14.2 Å². The summed E-state index contributed by atoms with van der Waals surface area (Å²) in [6.45, 7) is 3.09. The molecule has 0 aliphatic carbocycles. The van der Waals surface area contributed by atoms with E-state index in [1.54, 1.807) is 28.7 Å². The van der Waals surface area contributed by atoms with E-state index in [1.165, 1.54) is 0 Å². The summed E-state index contributed by atoms with van der Waals surface area (Å²) in [7, 11) is 0. The van der Waals surface area contributed by atoms with Gasteiger partial charge in [0.2, 0.25) is 0 Å². The number of hydrogen-bond acceptors (Lipinski definition) is 4. The first kappa shape index (κ1) is 19.2. The number of benzene rings is 1. The Labute approximate surface area is 166 Å². The zero-order valence-electron chi connectivity index (χ0n) is 15.0. The molecule has 1 aliphatic heterocycles. The van der Waals surface area contributed by atoms with Crippen LogP contribution in [-0.4, -0.2) is 41.0 Å². The highest BCUT2D eigenvalue weighted by atomic mass is 79.9. The Hall–Kier alpha value is -2.59. The van der Waals surface area contributed by atoms with Crippen LogP contribution in [0.15, 0.2) is 41.0 Å². The minimum Gasteiger partial charge on any atom is -0.466 e. The van der Waals surface area contributed by atoms with E-state index in [9.17, 15) is 14.9 Å². The molecule has 0 spiro atoms. The number of likely N-dealkylation sites (tertiary alicyclic amines) is 1. The van der Waals surface area contributed by atoms with E-state index in [1.807, 2.05) is 24.3 Å². The summed E-state index contributed by atoms with van der Waals surface area (Å²) < 4.78 is 7.71. The molecular formula is C20H20BrN3O3. The van der Waals surface area contributed by atoms with Crippen LogP contribution in [0.2, 0.25) is 0 Å². The van der Waals surface area contributed by atoms with Gasteiger partial charge in [0, 0.05) is 29.4 Å². The zero-order chi connectivity index (χ0) is 19.4. The first-order valence-electron chi connectivity index (χ1n) is 8.88. The van der Waals surface area contributed by atoms with Crippen molar-refractivity contribution >= 4 is 27.8 Å². The Kier molecular flexibility index (Phi) is 5.97. The molecule has 1 saturated heterocycles. The number of nitriles is 1. The molecule has 0 N–H and O–H groups in total. The predicted molar refractivity (Wildman–Crippen MR) is 103 cm³/mol. The number of rotatable bonds is 4. The number of esters is 1. The lowest BCUT2D eigenvalue weighted by Crippen LogP contribution is -2.41. The summed E-state index contributed by atoms with van der Waals surface area (Å²) >= 11 is 3.44. The SMILES string of the molecule is CCOC(=O)C1CCN(C(=O)c2c(C#N)ccn2-c2cccc(Br)c2)CC1. The lowest BCUT2D eigenvalue weighted by Gasteiger charge is -2.31. The van der Waals surface area contributed by atoms with Crippen molar-refractivity contribution in [2.45, 2.75) is 19.8 Å². The van der Waals surface area contributed by atoms with Gasteiger partial charge in [0.15, 0.2) is 0 Å². The predicted octanol–water partition coefficient (Wildman–Crippen LogP) is 3.53. The second-order valence-corrected chi connectivity index (χ2v) is 7.27. The topological polar surface area (TPSA) is 75.3 Å². The van der Waals surface area contributed by atoms with Crippen LogP contribution in [0, 0.1) is 17.2 Å². The Morgan fingerprint density at radius 2 is 2.04 bits per heavy atom. The lowest BCUT2D eigenvalue weighted by atomic mass is 9.96. The van der Waals surface area contributed by atoms with Gasteiger partial charge in [-0.1, -0.05) is 22.0 Å². The maximum Gasteiger partial charge on any atom is 0.309 e. The number of amides is 1. The summed E-state index contributed by atoms with van der Waals surface area (Å²) in [5.74, 6) is -0.556. The lowest BCUT2D eigenvalue weighted by molar-refractivity contribution is -0.149. The normalized spacial score (nSPS) is 14.6. The van der Waals surface area contributed by atoms with Gasteiger partial charge in [-0.2, -0.15) is 5.26 Å². The maximum atomic E-state index is 13.1. The van der Waals surface area contributed by atoms with Crippen molar-refractivity contribution in [1.29, 1.82) is 5.26 Å². The average molecular weight is 430 g/mol. The molecule has 0 atom stereocenters. The summed E-state index contributed by atoms with van der Waals surface area (Å²) in [6.07, 6.45) is 2.88. The van der Waals surface area contributed by atoms with Crippen LogP contribution in [-0.2, 0) is 9.53 Å². The van der Waals surface area contributed by atoms with Crippen LogP contribution in [0.1, 0.15) is 35.8 Å². The van der Waals surface area contributed by atoms with E-state index < -0.39 is 0 Å². The third-order valence-electron chi connectivity index (χ3n) is 4.70. The largest absolute Gasteiger partial charge is 0.466 e. The van der Waals surface area contributed by atoms with Crippen LogP contribution < -0.4 is 0 Å². The molecule has 1 amide bonds. The fourth-order valence-corrected chi connectivity index (χ4v) is 3.70. The van der Waals surface area contributed by atoms with Gasteiger partial charge in [-0.15, -0.1) is 0 Å². The molecular weight excluding hydrogens is 410 g/mol. The quantitative estimate of drug-likeness (QED) is 0.696. The average Bonchev–Trinajstić information content (AvgIpc) is 3.12. The molecule has 1 fully saturated rings. The zero-order valence-corrected chi connectivity index (χ0v) is 16.6. The first-order chi connectivity index (χ1) is 13.0. The molecule has 0 saturated carbocycles. The molecule has 2 heterocycles. The van der Waals surface area contributed by atoms with Crippen LogP contribution in [0.4, 0.5) is 0 Å². The smallest absolute Gasteiger partial charge is 0.309 e. The van der Waals surface area contributed by atoms with Crippen molar-refractivity contribution in [2.75, 3.05) is 19.7 Å². The number of ether oxygens (including phenoxy) is 1. The molecule has 3 rings (SSSR count). The molecule has 27 heavy (non-hydrogen) atoms. The minimum atomic E-state index is -0.196. The number of aromatic nitrogens is 1. The molecule has 140 valence electrons. The Morgan fingerprint density at radius 3 is 2.67 bits per heavy atom. The monoisotopic (exact) mass is 429 g/mol. The molecule has 2 aromatic rings. The van der Waals surface area contributed by atoms with Crippen LogP contribution in [0.3, 0.4) is 0 Å². The first-order valence-corrected chi connectivity index (χ1v) is 9.67. The molecule has 1 aromatic carbocycles. The van der Waals surface area contributed by atoms with Gasteiger partial charge in [0.1, 0.15) is 11.8 Å². The minimum absolute atomic E-state index is 0.165. The Balaban J connectivity index is 1.83. The molecule has 7 heteroatoms. The highest BCUT2D eigenvalue weighted by Gasteiger charge is 2.31. The van der Waals surface area contributed by atoms with Gasteiger partial charge in [-0.25, -0.2) is 0 Å². The van der Waals surface area contributed by atoms with Gasteiger partial charge in [0.25, 0.3) is 5.91 Å². The van der Waals surface area contributed by atoms with Gasteiger partial charge >= 0.3 is 5.97 Å². The van der Waals surface area contributed by atoms with Crippen molar-refractivity contribution in [3.63, 3.8) is 0 Å². The van der Waals surface area contributed by atoms with Crippen LogP contribution in [0.5, 0.6) is 0 Å². The van der Waals surface area contributed by atoms with Crippen molar-refractivity contribution in [3.8, 4) is 11.8 Å². The van der Waals surface area contributed by atoms with Gasteiger partial charge in [-0.05, 0) is 44.0 Å². The third-order valence-corrected chi connectivity index (χ3v) is 5.19. The fraction of sp³-hybridized carbons (Fsp3) is 0.350. The molecule has 6 nitrogen and oxygen atoms in total. The third kappa shape index (κ3) is 4.06. The summed E-state index contributed by atoms with van der Waals surface area (Å²) in [6, 6.07) is 11.3. The fourth-order valence-electron chi connectivity index (χ4n) is 3.31. The van der Waals surface area contributed by atoms with E-state index in [4.69, 9.17) is 4.74 Å². The van der Waals surface area contributed by atoms with Crippen LogP contribution in [0.25, 0.3) is 5.69 Å². The van der Waals surface area contributed by atoms with E-state index in [2.05, 4.69) is 22.0 Å². The standard InChI is InChI=1S/C20H20BrN3O3/c1-2-27-20(26)14-6-9-23(10-7-14)19(25)18-15(13-22)8-11-24(18)17-5-3-4-16(21)12-17/h3-5,8,11-12,14H,2,6-7,9-10H2,1H3. The Morgan fingerprint density at radius 1 is 1.30 bits per heavy atom. The van der Waals surface area contributed by atoms with Crippen molar-refractivity contribution in [2.24, 2.45) is 5.92 Å². The van der Waals surface area contributed by atoms with Gasteiger partial charge in [0.05, 0.1) is 18.1 Å². The number of piperidine rings is 1. The Bertz CT molecular complexity index is 892. The summed E-state index contributed by atoms with van der Waals surface area (Å²) in [4.78, 5) is 26.8. The van der Waals surface area contributed by atoms with Crippen molar-refractivity contribution in [3.05, 3.63) is 52.3 Å².